The number of para-hydroxylation sites is 1. The standard InChI is InChI=1S/C36H36N2O6/c1-44-33-17-9-4-10-25(33)18-20-37(21-19-34(40)41)35(42)31-15-7-5-13-29(31)30-14-6-8-16-32(30)36(43)38-23-27-12-3-2-11-26(27)22-28(38)24-39/h2-17,28,39H,18-24H2,1H3,(H,40,41)/t28-/m0/s1. The second-order valence-electron chi connectivity index (χ2n) is 10.8. The summed E-state index contributed by atoms with van der Waals surface area (Å²) < 4.78 is 5.47. The summed E-state index contributed by atoms with van der Waals surface area (Å²) in [5, 5.41) is 19.6. The van der Waals surface area contributed by atoms with Gasteiger partial charge in [0.1, 0.15) is 5.75 Å². The molecule has 44 heavy (non-hydrogen) atoms. The van der Waals surface area contributed by atoms with E-state index >= 15 is 0 Å². The molecule has 1 aliphatic rings. The van der Waals surface area contributed by atoms with Gasteiger partial charge in [-0.25, -0.2) is 0 Å². The first-order valence-electron chi connectivity index (χ1n) is 14.7. The number of aliphatic hydroxyl groups is 1. The largest absolute Gasteiger partial charge is 0.496 e. The lowest BCUT2D eigenvalue weighted by atomic mass is 9.91. The minimum atomic E-state index is -0.995. The number of aliphatic carboxylic acids is 1. The molecule has 1 aliphatic heterocycles. The van der Waals surface area contributed by atoms with E-state index in [-0.39, 0.29) is 44.0 Å². The Balaban J connectivity index is 1.47. The fourth-order valence-corrected chi connectivity index (χ4v) is 5.83. The van der Waals surface area contributed by atoms with E-state index in [1.807, 2.05) is 72.8 Å². The third-order valence-corrected chi connectivity index (χ3v) is 8.16. The zero-order valence-corrected chi connectivity index (χ0v) is 24.7. The predicted octanol–water partition coefficient (Wildman–Crippen LogP) is 5.08. The zero-order valence-electron chi connectivity index (χ0n) is 24.7. The van der Waals surface area contributed by atoms with Crippen LogP contribution in [0, 0.1) is 0 Å². The molecule has 1 atom stereocenters. The van der Waals surface area contributed by atoms with Gasteiger partial charge < -0.3 is 24.7 Å². The SMILES string of the molecule is COc1ccccc1CCN(CCC(=O)O)C(=O)c1ccccc1-c1ccccc1C(=O)N1Cc2ccccc2C[C@H]1CO. The van der Waals surface area contributed by atoms with Crippen molar-refractivity contribution in [2.75, 3.05) is 26.8 Å². The number of ether oxygens (including phenoxy) is 1. The van der Waals surface area contributed by atoms with Crippen molar-refractivity contribution in [3.63, 3.8) is 0 Å². The summed E-state index contributed by atoms with van der Waals surface area (Å²) in [7, 11) is 1.59. The van der Waals surface area contributed by atoms with Gasteiger partial charge in [-0.05, 0) is 58.9 Å². The summed E-state index contributed by atoms with van der Waals surface area (Å²) in [6, 6.07) is 29.4. The summed E-state index contributed by atoms with van der Waals surface area (Å²) in [5.41, 5.74) is 5.06. The van der Waals surface area contributed by atoms with Crippen LogP contribution in [0.25, 0.3) is 11.1 Å². The summed E-state index contributed by atoms with van der Waals surface area (Å²) in [6.45, 7) is 0.527. The van der Waals surface area contributed by atoms with Crippen LogP contribution in [0.2, 0.25) is 0 Å². The number of rotatable bonds is 11. The van der Waals surface area contributed by atoms with E-state index in [2.05, 4.69) is 0 Å². The third kappa shape index (κ3) is 6.66. The zero-order chi connectivity index (χ0) is 31.1. The molecular formula is C36H36N2O6. The second-order valence-corrected chi connectivity index (χ2v) is 10.8. The van der Waals surface area contributed by atoms with E-state index in [1.54, 1.807) is 41.2 Å². The average molecular weight is 593 g/mol. The monoisotopic (exact) mass is 592 g/mol. The van der Waals surface area contributed by atoms with Gasteiger partial charge in [0.15, 0.2) is 0 Å². The molecule has 0 spiro atoms. The maximum atomic E-state index is 14.1. The number of carboxylic acid groups (broad SMARTS) is 1. The Morgan fingerprint density at radius 3 is 2.14 bits per heavy atom. The van der Waals surface area contributed by atoms with Crippen molar-refractivity contribution in [1.29, 1.82) is 0 Å². The van der Waals surface area contributed by atoms with Gasteiger partial charge >= 0.3 is 5.97 Å². The molecule has 0 bridgehead atoms. The molecule has 4 aromatic rings. The number of aliphatic hydroxyl groups excluding tert-OH is 1. The predicted molar refractivity (Wildman–Crippen MR) is 168 cm³/mol. The topological polar surface area (TPSA) is 107 Å². The highest BCUT2D eigenvalue weighted by Gasteiger charge is 2.31. The second kappa shape index (κ2) is 14.0. The number of carbonyl (C=O) groups is 3. The van der Waals surface area contributed by atoms with Gasteiger partial charge in [0.25, 0.3) is 11.8 Å². The van der Waals surface area contributed by atoms with Crippen LogP contribution in [0.3, 0.4) is 0 Å². The molecule has 0 aromatic heterocycles. The molecule has 1 heterocycles. The van der Waals surface area contributed by atoms with Crippen molar-refractivity contribution >= 4 is 17.8 Å². The van der Waals surface area contributed by atoms with Crippen LogP contribution in [0.4, 0.5) is 0 Å². The van der Waals surface area contributed by atoms with Crippen LogP contribution in [-0.4, -0.2) is 70.6 Å². The molecule has 0 radical (unpaired) electrons. The maximum absolute atomic E-state index is 14.1. The van der Waals surface area contributed by atoms with Gasteiger partial charge in [-0.1, -0.05) is 78.9 Å². The van der Waals surface area contributed by atoms with Crippen LogP contribution in [0.1, 0.15) is 43.8 Å². The van der Waals surface area contributed by atoms with Gasteiger partial charge in [0, 0.05) is 30.8 Å². The van der Waals surface area contributed by atoms with Crippen LogP contribution < -0.4 is 4.74 Å². The molecule has 0 saturated heterocycles. The Labute approximate surface area is 257 Å². The highest BCUT2D eigenvalue weighted by molar-refractivity contribution is 6.06. The van der Waals surface area contributed by atoms with E-state index in [4.69, 9.17) is 4.74 Å². The van der Waals surface area contributed by atoms with Gasteiger partial charge in [-0.3, -0.25) is 14.4 Å². The molecular weight excluding hydrogens is 556 g/mol. The molecule has 226 valence electrons. The Bertz CT molecular complexity index is 1650. The van der Waals surface area contributed by atoms with E-state index in [0.29, 0.717) is 47.4 Å². The first kappa shape index (κ1) is 30.5. The van der Waals surface area contributed by atoms with Crippen LogP contribution in [-0.2, 0) is 24.2 Å². The number of fused-ring (bicyclic) bond motifs is 1. The quantitative estimate of drug-likeness (QED) is 0.252. The molecule has 0 fully saturated rings. The maximum Gasteiger partial charge on any atom is 0.305 e. The Kier molecular flexibility index (Phi) is 9.72. The van der Waals surface area contributed by atoms with Crippen LogP contribution in [0.15, 0.2) is 97.1 Å². The normalized spacial score (nSPS) is 14.0. The van der Waals surface area contributed by atoms with Gasteiger partial charge in [0.05, 0.1) is 26.2 Å². The number of nitrogens with zero attached hydrogens (tertiary/aromatic N) is 2. The molecule has 0 unspecified atom stereocenters. The fourth-order valence-electron chi connectivity index (χ4n) is 5.83. The number of carboxylic acids is 1. The first-order chi connectivity index (χ1) is 21.4. The fraction of sp³-hybridized carbons (Fsp3) is 0.250. The van der Waals surface area contributed by atoms with Gasteiger partial charge in [0.2, 0.25) is 0 Å². The van der Waals surface area contributed by atoms with Crippen LogP contribution in [0.5, 0.6) is 5.75 Å². The molecule has 0 aliphatic carbocycles. The number of methoxy groups -OCH3 is 1. The Morgan fingerprint density at radius 2 is 1.43 bits per heavy atom. The number of amides is 2. The molecule has 5 rings (SSSR count). The molecule has 8 nitrogen and oxygen atoms in total. The molecule has 2 N–H and O–H groups in total. The summed E-state index contributed by atoms with van der Waals surface area (Å²) >= 11 is 0. The van der Waals surface area contributed by atoms with Gasteiger partial charge in [-0.15, -0.1) is 0 Å². The van der Waals surface area contributed by atoms with Gasteiger partial charge in [-0.2, -0.15) is 0 Å². The minimum absolute atomic E-state index is 0.0313. The number of carbonyl (C=O) groups excluding carboxylic acids is 2. The lowest BCUT2D eigenvalue weighted by Crippen LogP contribution is -2.46. The Hall–Kier alpha value is -4.95. The lowest BCUT2D eigenvalue weighted by molar-refractivity contribution is -0.137. The Morgan fingerprint density at radius 1 is 0.818 bits per heavy atom. The molecule has 2 amide bonds. The van der Waals surface area contributed by atoms with E-state index in [9.17, 15) is 24.6 Å². The number of hydrogen-bond donors (Lipinski definition) is 2. The van der Waals surface area contributed by atoms with Crippen LogP contribution >= 0.6 is 0 Å². The van der Waals surface area contributed by atoms with E-state index in [0.717, 1.165) is 16.7 Å². The molecule has 8 heteroatoms. The molecule has 4 aromatic carbocycles. The minimum Gasteiger partial charge on any atom is -0.496 e. The first-order valence-corrected chi connectivity index (χ1v) is 14.7. The summed E-state index contributed by atoms with van der Waals surface area (Å²) in [4.78, 5) is 43.0. The highest BCUT2D eigenvalue weighted by atomic mass is 16.5. The van der Waals surface area contributed by atoms with E-state index in [1.165, 1.54) is 0 Å². The van der Waals surface area contributed by atoms with Crippen molar-refractivity contribution < 1.29 is 29.3 Å². The smallest absolute Gasteiger partial charge is 0.305 e. The van der Waals surface area contributed by atoms with Crippen molar-refractivity contribution in [3.8, 4) is 16.9 Å². The van der Waals surface area contributed by atoms with Crippen molar-refractivity contribution in [2.24, 2.45) is 0 Å². The molecule has 0 saturated carbocycles. The average Bonchev–Trinajstić information content (AvgIpc) is 3.07. The summed E-state index contributed by atoms with van der Waals surface area (Å²) in [5.74, 6) is -0.840. The number of hydrogen-bond acceptors (Lipinski definition) is 5. The van der Waals surface area contributed by atoms with E-state index < -0.39 is 5.97 Å². The lowest BCUT2D eigenvalue weighted by Gasteiger charge is -2.36. The van der Waals surface area contributed by atoms with Crippen molar-refractivity contribution in [3.05, 3.63) is 125 Å². The van der Waals surface area contributed by atoms with Crippen molar-refractivity contribution in [1.82, 2.24) is 9.80 Å². The highest BCUT2D eigenvalue weighted by Crippen LogP contribution is 2.32. The summed E-state index contributed by atoms with van der Waals surface area (Å²) in [6.07, 6.45) is 0.833. The van der Waals surface area contributed by atoms with Crippen molar-refractivity contribution in [2.45, 2.75) is 31.8 Å². The third-order valence-electron chi connectivity index (χ3n) is 8.16. The number of benzene rings is 4.